The molecule has 1 amide bonds. The summed E-state index contributed by atoms with van der Waals surface area (Å²) in [6.45, 7) is 6.30. The molecule has 1 N–H and O–H groups in total. The van der Waals surface area contributed by atoms with Crippen LogP contribution in [-0.2, 0) is 11.3 Å². The van der Waals surface area contributed by atoms with Crippen LogP contribution < -0.4 is 5.32 Å². The zero-order valence-corrected chi connectivity index (χ0v) is 13.4. The Morgan fingerprint density at radius 3 is 2.36 bits per heavy atom. The Labute approximate surface area is 133 Å². The van der Waals surface area contributed by atoms with E-state index >= 15 is 0 Å². The lowest BCUT2D eigenvalue weighted by Crippen LogP contribution is -2.33. The highest BCUT2D eigenvalue weighted by molar-refractivity contribution is 5.92. The number of carbonyl (C=O) groups excluding carboxylic acids is 1. The van der Waals surface area contributed by atoms with Crippen LogP contribution in [0.3, 0.4) is 0 Å². The second-order valence-electron chi connectivity index (χ2n) is 5.61. The SMILES string of the molecule is CCCN(CC(=O)Nc1ccc(C)cc1)Cc1ccccc1. The van der Waals surface area contributed by atoms with Crippen molar-refractivity contribution >= 4 is 11.6 Å². The minimum Gasteiger partial charge on any atom is -0.325 e. The molecule has 0 saturated heterocycles. The number of carbonyl (C=O) groups is 1. The summed E-state index contributed by atoms with van der Waals surface area (Å²) in [6.07, 6.45) is 1.03. The standard InChI is InChI=1S/C19H24N2O/c1-3-13-21(14-17-7-5-4-6-8-17)15-19(22)20-18-11-9-16(2)10-12-18/h4-12H,3,13-15H2,1-2H3,(H,20,22). The number of anilines is 1. The Morgan fingerprint density at radius 1 is 1.05 bits per heavy atom. The Morgan fingerprint density at radius 2 is 1.73 bits per heavy atom. The van der Waals surface area contributed by atoms with Crippen LogP contribution in [0, 0.1) is 6.92 Å². The van der Waals surface area contributed by atoms with Gasteiger partial charge in [0.15, 0.2) is 0 Å². The highest BCUT2D eigenvalue weighted by atomic mass is 16.2. The Kier molecular flexibility index (Phi) is 6.16. The van der Waals surface area contributed by atoms with Crippen molar-refractivity contribution < 1.29 is 4.79 Å². The van der Waals surface area contributed by atoms with Gasteiger partial charge in [0.1, 0.15) is 0 Å². The minimum atomic E-state index is 0.0354. The number of nitrogens with zero attached hydrogens (tertiary/aromatic N) is 1. The summed E-state index contributed by atoms with van der Waals surface area (Å²) in [5, 5.41) is 2.96. The summed E-state index contributed by atoms with van der Waals surface area (Å²) in [6, 6.07) is 18.2. The van der Waals surface area contributed by atoms with Crippen molar-refractivity contribution in [3.63, 3.8) is 0 Å². The van der Waals surface area contributed by atoms with Crippen molar-refractivity contribution in [3.05, 3.63) is 65.7 Å². The van der Waals surface area contributed by atoms with E-state index in [0.717, 1.165) is 25.2 Å². The molecular weight excluding hydrogens is 272 g/mol. The van der Waals surface area contributed by atoms with E-state index in [1.165, 1.54) is 11.1 Å². The van der Waals surface area contributed by atoms with E-state index < -0.39 is 0 Å². The molecule has 2 aromatic rings. The van der Waals surface area contributed by atoms with Gasteiger partial charge in [0, 0.05) is 12.2 Å². The monoisotopic (exact) mass is 296 g/mol. The molecule has 0 aromatic heterocycles. The van der Waals surface area contributed by atoms with Crippen LogP contribution in [0.1, 0.15) is 24.5 Å². The molecule has 116 valence electrons. The number of hydrogen-bond acceptors (Lipinski definition) is 2. The number of amides is 1. The summed E-state index contributed by atoms with van der Waals surface area (Å²) in [5.74, 6) is 0.0354. The van der Waals surface area contributed by atoms with Crippen molar-refractivity contribution in [1.29, 1.82) is 0 Å². The van der Waals surface area contributed by atoms with E-state index in [1.807, 2.05) is 49.4 Å². The first kappa shape index (κ1) is 16.2. The van der Waals surface area contributed by atoms with Crippen LogP contribution in [0.5, 0.6) is 0 Å². The van der Waals surface area contributed by atoms with E-state index in [9.17, 15) is 4.79 Å². The molecule has 2 rings (SSSR count). The molecule has 22 heavy (non-hydrogen) atoms. The van der Waals surface area contributed by atoms with Crippen LogP contribution in [-0.4, -0.2) is 23.9 Å². The lowest BCUT2D eigenvalue weighted by Gasteiger charge is -2.21. The van der Waals surface area contributed by atoms with Gasteiger partial charge in [0.25, 0.3) is 0 Å². The second kappa shape index (κ2) is 8.35. The first-order chi connectivity index (χ1) is 10.7. The summed E-state index contributed by atoms with van der Waals surface area (Å²) in [4.78, 5) is 14.4. The fourth-order valence-electron chi connectivity index (χ4n) is 2.41. The Bertz CT molecular complexity index is 578. The van der Waals surface area contributed by atoms with Crippen molar-refractivity contribution in [1.82, 2.24) is 4.90 Å². The molecule has 0 heterocycles. The van der Waals surface area contributed by atoms with Gasteiger partial charge in [-0.25, -0.2) is 0 Å². The molecule has 0 fully saturated rings. The van der Waals surface area contributed by atoms with Crippen LogP contribution >= 0.6 is 0 Å². The lowest BCUT2D eigenvalue weighted by atomic mass is 10.2. The molecule has 3 heteroatoms. The van der Waals surface area contributed by atoms with Crippen LogP contribution in [0.25, 0.3) is 0 Å². The van der Waals surface area contributed by atoms with Gasteiger partial charge in [0.05, 0.1) is 6.54 Å². The largest absolute Gasteiger partial charge is 0.325 e. The van der Waals surface area contributed by atoms with E-state index in [0.29, 0.717) is 6.54 Å². The van der Waals surface area contributed by atoms with Crippen LogP contribution in [0.15, 0.2) is 54.6 Å². The first-order valence-electron chi connectivity index (χ1n) is 7.80. The zero-order valence-electron chi connectivity index (χ0n) is 13.4. The fourth-order valence-corrected chi connectivity index (χ4v) is 2.41. The predicted octanol–water partition coefficient (Wildman–Crippen LogP) is 3.85. The van der Waals surface area contributed by atoms with Crippen molar-refractivity contribution in [2.75, 3.05) is 18.4 Å². The lowest BCUT2D eigenvalue weighted by molar-refractivity contribution is -0.117. The van der Waals surface area contributed by atoms with Crippen molar-refractivity contribution in [2.24, 2.45) is 0 Å². The molecule has 0 aliphatic carbocycles. The maximum absolute atomic E-state index is 12.2. The quantitative estimate of drug-likeness (QED) is 0.842. The van der Waals surface area contributed by atoms with Crippen LogP contribution in [0.2, 0.25) is 0 Å². The molecule has 0 bridgehead atoms. The number of hydrogen-bond donors (Lipinski definition) is 1. The van der Waals surface area contributed by atoms with E-state index in [1.54, 1.807) is 0 Å². The molecule has 0 aliphatic rings. The van der Waals surface area contributed by atoms with Crippen molar-refractivity contribution in [3.8, 4) is 0 Å². The van der Waals surface area contributed by atoms with E-state index in [2.05, 4.69) is 29.3 Å². The van der Waals surface area contributed by atoms with Gasteiger partial charge in [-0.15, -0.1) is 0 Å². The van der Waals surface area contributed by atoms with Crippen molar-refractivity contribution in [2.45, 2.75) is 26.8 Å². The molecule has 0 saturated carbocycles. The molecule has 0 aliphatic heterocycles. The molecule has 0 spiro atoms. The molecule has 0 radical (unpaired) electrons. The topological polar surface area (TPSA) is 32.3 Å². The summed E-state index contributed by atoms with van der Waals surface area (Å²) in [5.41, 5.74) is 3.28. The van der Waals surface area contributed by atoms with Gasteiger partial charge < -0.3 is 5.32 Å². The smallest absolute Gasteiger partial charge is 0.238 e. The molecule has 0 unspecified atom stereocenters. The maximum atomic E-state index is 12.2. The Hall–Kier alpha value is -2.13. The third-order valence-corrected chi connectivity index (χ3v) is 3.49. The van der Waals surface area contributed by atoms with Gasteiger partial charge in [-0.05, 0) is 37.6 Å². The van der Waals surface area contributed by atoms with E-state index in [4.69, 9.17) is 0 Å². The van der Waals surface area contributed by atoms with Crippen LogP contribution in [0.4, 0.5) is 5.69 Å². The number of aryl methyl sites for hydroxylation is 1. The molecule has 3 nitrogen and oxygen atoms in total. The minimum absolute atomic E-state index is 0.0354. The Balaban J connectivity index is 1.92. The zero-order chi connectivity index (χ0) is 15.8. The first-order valence-corrected chi connectivity index (χ1v) is 7.80. The fraction of sp³-hybridized carbons (Fsp3) is 0.316. The van der Waals surface area contributed by atoms with Gasteiger partial charge in [0.2, 0.25) is 5.91 Å². The summed E-state index contributed by atoms with van der Waals surface area (Å²) in [7, 11) is 0. The summed E-state index contributed by atoms with van der Waals surface area (Å²) >= 11 is 0. The second-order valence-corrected chi connectivity index (χ2v) is 5.61. The normalized spacial score (nSPS) is 10.7. The van der Waals surface area contributed by atoms with Gasteiger partial charge >= 0.3 is 0 Å². The number of benzene rings is 2. The summed E-state index contributed by atoms with van der Waals surface area (Å²) < 4.78 is 0. The average Bonchev–Trinajstić information content (AvgIpc) is 2.51. The molecular formula is C19H24N2O. The highest BCUT2D eigenvalue weighted by Gasteiger charge is 2.10. The van der Waals surface area contributed by atoms with Gasteiger partial charge in [-0.1, -0.05) is 55.0 Å². The predicted molar refractivity (Wildman–Crippen MR) is 91.8 cm³/mol. The third kappa shape index (κ3) is 5.34. The number of rotatable bonds is 7. The van der Waals surface area contributed by atoms with E-state index in [-0.39, 0.29) is 5.91 Å². The number of nitrogens with one attached hydrogen (secondary N) is 1. The maximum Gasteiger partial charge on any atom is 0.238 e. The van der Waals surface area contributed by atoms with Gasteiger partial charge in [-0.2, -0.15) is 0 Å². The highest BCUT2D eigenvalue weighted by Crippen LogP contribution is 2.09. The average molecular weight is 296 g/mol. The molecule has 0 atom stereocenters. The molecule has 2 aromatic carbocycles. The van der Waals surface area contributed by atoms with Gasteiger partial charge in [-0.3, -0.25) is 9.69 Å². The third-order valence-electron chi connectivity index (χ3n) is 3.49.